The maximum absolute atomic E-state index is 13.3. The molecule has 0 saturated heterocycles. The molecule has 1 amide bonds. The second kappa shape index (κ2) is 13.0. The fourth-order valence-electron chi connectivity index (χ4n) is 4.70. The summed E-state index contributed by atoms with van der Waals surface area (Å²) in [7, 11) is 0. The molecule has 42 heavy (non-hydrogen) atoms. The zero-order chi connectivity index (χ0) is 28.7. The number of carbonyl (C=O) groups excluding carboxylic acids is 1. The lowest BCUT2D eigenvalue weighted by Crippen LogP contribution is -2.29. The SMILES string of the molecule is Cc1ccc(-n2c(Cc3ccccc3)nnc2SCc2nc(C(=O)NC(c3ccccc3)c3ccccc3)cs2)cc1. The summed E-state index contributed by atoms with van der Waals surface area (Å²) in [6, 6.07) is 38.4. The molecule has 0 spiro atoms. The summed E-state index contributed by atoms with van der Waals surface area (Å²) in [5.41, 5.74) is 5.84. The lowest BCUT2D eigenvalue weighted by molar-refractivity contribution is 0.0938. The van der Waals surface area contributed by atoms with Crippen molar-refractivity contribution in [1.82, 2.24) is 25.1 Å². The van der Waals surface area contributed by atoms with Gasteiger partial charge in [0.2, 0.25) is 0 Å². The van der Waals surface area contributed by atoms with Crippen LogP contribution in [0.1, 0.15) is 49.6 Å². The quantitative estimate of drug-likeness (QED) is 0.169. The Morgan fingerprint density at radius 3 is 2.10 bits per heavy atom. The summed E-state index contributed by atoms with van der Waals surface area (Å²) in [6.45, 7) is 2.08. The number of thiazole rings is 1. The summed E-state index contributed by atoms with van der Waals surface area (Å²) in [4.78, 5) is 18.0. The fraction of sp³-hybridized carbons (Fsp3) is 0.118. The number of nitrogens with one attached hydrogen (secondary N) is 1. The first-order chi connectivity index (χ1) is 20.6. The number of thioether (sulfide) groups is 1. The molecule has 0 unspecified atom stereocenters. The Balaban J connectivity index is 1.19. The number of amides is 1. The molecule has 4 aromatic carbocycles. The highest BCUT2D eigenvalue weighted by Crippen LogP contribution is 2.28. The van der Waals surface area contributed by atoms with Crippen LogP contribution in [0, 0.1) is 6.92 Å². The van der Waals surface area contributed by atoms with E-state index in [0.29, 0.717) is 17.9 Å². The van der Waals surface area contributed by atoms with Crippen molar-refractivity contribution in [1.29, 1.82) is 0 Å². The van der Waals surface area contributed by atoms with Crippen molar-refractivity contribution in [3.05, 3.63) is 159 Å². The third-order valence-corrected chi connectivity index (χ3v) is 8.82. The first-order valence-corrected chi connectivity index (χ1v) is 15.5. The Morgan fingerprint density at radius 2 is 1.45 bits per heavy atom. The minimum absolute atomic E-state index is 0.201. The van der Waals surface area contributed by atoms with E-state index in [-0.39, 0.29) is 11.9 Å². The highest BCUT2D eigenvalue weighted by Gasteiger charge is 2.20. The van der Waals surface area contributed by atoms with Crippen LogP contribution in [0.15, 0.2) is 126 Å². The first-order valence-electron chi connectivity index (χ1n) is 13.7. The van der Waals surface area contributed by atoms with E-state index in [2.05, 4.69) is 68.4 Å². The number of hydrogen-bond donors (Lipinski definition) is 1. The molecule has 208 valence electrons. The Bertz CT molecular complexity index is 1710. The zero-order valence-electron chi connectivity index (χ0n) is 23.1. The monoisotopic (exact) mass is 587 g/mol. The number of nitrogens with zero attached hydrogens (tertiary/aromatic N) is 4. The number of hydrogen-bond acceptors (Lipinski definition) is 6. The van der Waals surface area contributed by atoms with Crippen molar-refractivity contribution < 1.29 is 4.79 Å². The van der Waals surface area contributed by atoms with Crippen LogP contribution in [0.4, 0.5) is 0 Å². The molecule has 0 saturated carbocycles. The lowest BCUT2D eigenvalue weighted by Gasteiger charge is -2.19. The molecule has 0 radical (unpaired) electrons. The van der Waals surface area contributed by atoms with Crippen LogP contribution in [-0.4, -0.2) is 25.7 Å². The minimum atomic E-state index is -0.268. The van der Waals surface area contributed by atoms with Gasteiger partial charge in [0.15, 0.2) is 5.16 Å². The van der Waals surface area contributed by atoms with Gasteiger partial charge in [0.25, 0.3) is 5.91 Å². The van der Waals surface area contributed by atoms with Gasteiger partial charge in [-0.1, -0.05) is 120 Å². The molecule has 6 aromatic rings. The highest BCUT2D eigenvalue weighted by atomic mass is 32.2. The smallest absolute Gasteiger partial charge is 0.271 e. The van der Waals surface area contributed by atoms with Crippen LogP contribution >= 0.6 is 23.1 Å². The van der Waals surface area contributed by atoms with Crippen molar-refractivity contribution in [3.8, 4) is 5.69 Å². The Kier molecular flexibility index (Phi) is 8.54. The van der Waals surface area contributed by atoms with Gasteiger partial charge >= 0.3 is 0 Å². The molecule has 0 aliphatic heterocycles. The van der Waals surface area contributed by atoms with E-state index in [1.807, 2.05) is 84.2 Å². The molecule has 6 rings (SSSR count). The van der Waals surface area contributed by atoms with Crippen molar-refractivity contribution in [2.45, 2.75) is 30.3 Å². The molecule has 8 heteroatoms. The maximum Gasteiger partial charge on any atom is 0.271 e. The number of aromatic nitrogens is 4. The van der Waals surface area contributed by atoms with Gasteiger partial charge in [-0.2, -0.15) is 0 Å². The van der Waals surface area contributed by atoms with Crippen LogP contribution in [-0.2, 0) is 12.2 Å². The molecular weight excluding hydrogens is 559 g/mol. The third-order valence-electron chi connectivity index (χ3n) is 6.85. The summed E-state index contributed by atoms with van der Waals surface area (Å²) in [5.74, 6) is 1.25. The standard InChI is InChI=1S/C34H29N5OS2/c1-24-17-19-28(20-18-24)39-30(21-25-11-5-2-6-12-25)37-38-34(39)42-23-31-35-29(22-41-31)33(40)36-32(26-13-7-3-8-14-26)27-15-9-4-10-16-27/h2-20,22,32H,21,23H2,1H3,(H,36,40). The van der Waals surface area contributed by atoms with Gasteiger partial charge < -0.3 is 5.32 Å². The topological polar surface area (TPSA) is 72.7 Å². The predicted octanol–water partition coefficient (Wildman–Crippen LogP) is 7.43. The Labute approximate surface area is 253 Å². The van der Waals surface area contributed by atoms with Gasteiger partial charge in [-0.25, -0.2) is 4.98 Å². The van der Waals surface area contributed by atoms with E-state index in [4.69, 9.17) is 0 Å². The Hall–Kier alpha value is -4.53. The number of rotatable bonds is 10. The van der Waals surface area contributed by atoms with Crippen LogP contribution in [0.5, 0.6) is 0 Å². The van der Waals surface area contributed by atoms with Gasteiger partial charge in [0, 0.05) is 17.5 Å². The molecule has 6 nitrogen and oxygen atoms in total. The summed E-state index contributed by atoms with van der Waals surface area (Å²) < 4.78 is 2.11. The van der Waals surface area contributed by atoms with Crippen LogP contribution < -0.4 is 5.32 Å². The van der Waals surface area contributed by atoms with E-state index in [1.54, 1.807) is 11.8 Å². The van der Waals surface area contributed by atoms with Gasteiger partial charge in [-0.3, -0.25) is 9.36 Å². The van der Waals surface area contributed by atoms with Crippen molar-refractivity contribution in [3.63, 3.8) is 0 Å². The van der Waals surface area contributed by atoms with Crippen LogP contribution in [0.3, 0.4) is 0 Å². The number of aryl methyl sites for hydroxylation is 1. The van der Waals surface area contributed by atoms with E-state index in [0.717, 1.165) is 32.8 Å². The van der Waals surface area contributed by atoms with E-state index in [9.17, 15) is 4.79 Å². The molecule has 2 aromatic heterocycles. The normalized spacial score (nSPS) is 11.1. The highest BCUT2D eigenvalue weighted by molar-refractivity contribution is 7.98. The second-order valence-electron chi connectivity index (χ2n) is 9.88. The number of benzene rings is 4. The van der Waals surface area contributed by atoms with Crippen molar-refractivity contribution in [2.24, 2.45) is 0 Å². The second-order valence-corrected chi connectivity index (χ2v) is 11.8. The molecule has 1 N–H and O–H groups in total. The van der Waals surface area contributed by atoms with Gasteiger partial charge in [0.1, 0.15) is 16.5 Å². The largest absolute Gasteiger partial charge is 0.340 e. The average molecular weight is 588 g/mol. The molecule has 0 aliphatic carbocycles. The number of carbonyl (C=O) groups is 1. The summed E-state index contributed by atoms with van der Waals surface area (Å²) >= 11 is 3.05. The molecule has 0 bridgehead atoms. The van der Waals surface area contributed by atoms with E-state index >= 15 is 0 Å². The van der Waals surface area contributed by atoms with Crippen LogP contribution in [0.25, 0.3) is 5.69 Å². The molecule has 0 fully saturated rings. The summed E-state index contributed by atoms with van der Waals surface area (Å²) in [5, 5.41) is 15.8. The summed E-state index contributed by atoms with van der Waals surface area (Å²) in [6.07, 6.45) is 0.674. The van der Waals surface area contributed by atoms with E-state index < -0.39 is 0 Å². The third kappa shape index (κ3) is 6.51. The molecule has 0 aliphatic rings. The fourth-order valence-corrected chi connectivity index (χ4v) is 6.47. The Morgan fingerprint density at radius 1 is 0.833 bits per heavy atom. The van der Waals surface area contributed by atoms with Gasteiger partial charge in [-0.15, -0.1) is 21.5 Å². The minimum Gasteiger partial charge on any atom is -0.340 e. The molecule has 0 atom stereocenters. The molecule has 2 heterocycles. The predicted molar refractivity (Wildman–Crippen MR) is 169 cm³/mol. The zero-order valence-corrected chi connectivity index (χ0v) is 24.7. The van der Waals surface area contributed by atoms with Crippen molar-refractivity contribution >= 4 is 29.0 Å². The molecular formula is C34H29N5OS2. The lowest BCUT2D eigenvalue weighted by atomic mass is 9.98. The van der Waals surface area contributed by atoms with Gasteiger partial charge in [0.05, 0.1) is 11.8 Å². The van der Waals surface area contributed by atoms with Crippen molar-refractivity contribution in [2.75, 3.05) is 0 Å². The maximum atomic E-state index is 13.3. The van der Waals surface area contributed by atoms with Crippen LogP contribution in [0.2, 0.25) is 0 Å². The average Bonchev–Trinajstić information content (AvgIpc) is 3.68. The van der Waals surface area contributed by atoms with Gasteiger partial charge in [-0.05, 0) is 35.7 Å². The first kappa shape index (κ1) is 27.6. The van der Waals surface area contributed by atoms with E-state index in [1.165, 1.54) is 22.5 Å².